The molecule has 2 aromatic rings. The summed E-state index contributed by atoms with van der Waals surface area (Å²) in [6, 6.07) is 5.95. The highest BCUT2D eigenvalue weighted by molar-refractivity contribution is 9.10. The summed E-state index contributed by atoms with van der Waals surface area (Å²) in [5, 5.41) is 9.63. The number of halogens is 1. The Kier molecular flexibility index (Phi) is 5.10. The van der Waals surface area contributed by atoms with Crippen LogP contribution in [0.4, 0.5) is 0 Å². The summed E-state index contributed by atoms with van der Waals surface area (Å²) in [6.45, 7) is 5.20. The minimum absolute atomic E-state index is 0.0327. The molecule has 0 aliphatic carbocycles. The van der Waals surface area contributed by atoms with Gasteiger partial charge in [0.05, 0.1) is 16.8 Å². The maximum Gasteiger partial charge on any atom is 0.313 e. The topological polar surface area (TPSA) is 55.1 Å². The van der Waals surface area contributed by atoms with E-state index in [1.165, 1.54) is 11.8 Å². The zero-order chi connectivity index (χ0) is 14.7. The summed E-state index contributed by atoms with van der Waals surface area (Å²) in [6.07, 6.45) is 1.08. The number of nitrogens with zero attached hydrogens (tertiary/aromatic N) is 2. The molecule has 6 heteroatoms. The highest BCUT2D eigenvalue weighted by Gasteiger charge is 2.14. The molecule has 0 saturated heterocycles. The first kappa shape index (κ1) is 15.4. The van der Waals surface area contributed by atoms with Gasteiger partial charge < -0.3 is 9.67 Å². The Morgan fingerprint density at radius 3 is 2.95 bits per heavy atom. The van der Waals surface area contributed by atoms with Gasteiger partial charge in [-0.25, -0.2) is 4.98 Å². The van der Waals surface area contributed by atoms with Gasteiger partial charge >= 0.3 is 5.97 Å². The van der Waals surface area contributed by atoms with Crippen molar-refractivity contribution in [2.24, 2.45) is 5.92 Å². The lowest BCUT2D eigenvalue weighted by molar-refractivity contribution is -0.133. The Hall–Kier alpha value is -1.01. The van der Waals surface area contributed by atoms with Gasteiger partial charge in [-0.05, 0) is 24.1 Å². The lowest BCUT2D eigenvalue weighted by atomic mass is 10.1. The van der Waals surface area contributed by atoms with E-state index in [1.807, 2.05) is 18.2 Å². The number of hydrogen-bond acceptors (Lipinski definition) is 3. The number of carboxylic acids is 1. The van der Waals surface area contributed by atoms with Gasteiger partial charge in [-0.2, -0.15) is 0 Å². The molecule has 1 atom stereocenters. The number of aliphatic carboxylic acids is 1. The molecule has 20 heavy (non-hydrogen) atoms. The molecule has 2 rings (SSSR count). The summed E-state index contributed by atoms with van der Waals surface area (Å²) >= 11 is 4.76. The fourth-order valence-electron chi connectivity index (χ4n) is 1.93. The van der Waals surface area contributed by atoms with E-state index in [2.05, 4.69) is 39.3 Å². The molecule has 1 N–H and O–H groups in total. The predicted molar refractivity (Wildman–Crippen MR) is 85.2 cm³/mol. The molecule has 0 radical (unpaired) electrons. The van der Waals surface area contributed by atoms with Crippen LogP contribution >= 0.6 is 27.7 Å². The molecule has 108 valence electrons. The number of imidazole rings is 1. The van der Waals surface area contributed by atoms with Gasteiger partial charge in [0.2, 0.25) is 0 Å². The van der Waals surface area contributed by atoms with Crippen LogP contribution < -0.4 is 0 Å². The van der Waals surface area contributed by atoms with Crippen molar-refractivity contribution in [1.82, 2.24) is 9.55 Å². The zero-order valence-corrected chi connectivity index (χ0v) is 13.9. The monoisotopic (exact) mass is 356 g/mol. The van der Waals surface area contributed by atoms with E-state index in [-0.39, 0.29) is 5.75 Å². The molecule has 0 bridgehead atoms. The number of thioether (sulfide) groups is 1. The molecule has 1 heterocycles. The minimum Gasteiger partial charge on any atom is -0.481 e. The molecule has 0 saturated carbocycles. The van der Waals surface area contributed by atoms with Crippen molar-refractivity contribution in [2.45, 2.75) is 32.0 Å². The van der Waals surface area contributed by atoms with Gasteiger partial charge in [0, 0.05) is 11.0 Å². The molecule has 0 spiro atoms. The van der Waals surface area contributed by atoms with E-state index in [9.17, 15) is 4.79 Å². The Bertz CT molecular complexity index is 627. The second-order valence-corrected chi connectivity index (χ2v) is 6.69. The van der Waals surface area contributed by atoms with Gasteiger partial charge in [-0.1, -0.05) is 48.0 Å². The quantitative estimate of drug-likeness (QED) is 0.794. The van der Waals surface area contributed by atoms with Crippen LogP contribution in [0.2, 0.25) is 0 Å². The Morgan fingerprint density at radius 2 is 2.30 bits per heavy atom. The third-order valence-electron chi connectivity index (χ3n) is 3.19. The second-order valence-electron chi connectivity index (χ2n) is 4.83. The number of rotatable bonds is 6. The van der Waals surface area contributed by atoms with Crippen molar-refractivity contribution >= 4 is 44.7 Å². The maximum atomic E-state index is 10.8. The van der Waals surface area contributed by atoms with Crippen LogP contribution in [0, 0.1) is 5.92 Å². The van der Waals surface area contributed by atoms with Crippen LogP contribution in [0.3, 0.4) is 0 Å². The summed E-state index contributed by atoms with van der Waals surface area (Å²) in [4.78, 5) is 15.3. The van der Waals surface area contributed by atoms with Gasteiger partial charge in [0.1, 0.15) is 0 Å². The first-order valence-corrected chi connectivity index (χ1v) is 8.29. The van der Waals surface area contributed by atoms with E-state index in [1.54, 1.807) is 0 Å². The van der Waals surface area contributed by atoms with Crippen molar-refractivity contribution < 1.29 is 9.90 Å². The fraction of sp³-hybridized carbons (Fsp3) is 0.429. The molecule has 1 aromatic carbocycles. The van der Waals surface area contributed by atoms with Crippen molar-refractivity contribution in [2.75, 3.05) is 5.75 Å². The van der Waals surface area contributed by atoms with Crippen molar-refractivity contribution in [3.63, 3.8) is 0 Å². The van der Waals surface area contributed by atoms with Crippen LogP contribution in [0.15, 0.2) is 27.8 Å². The standard InChI is InChI=1S/C14H17BrN2O2S/c1-3-9(2)7-17-12-6-10(15)4-5-11(12)16-14(17)20-8-13(18)19/h4-6,9H,3,7-8H2,1-2H3,(H,18,19). The molecule has 1 aromatic heterocycles. The van der Waals surface area contributed by atoms with E-state index in [0.29, 0.717) is 5.92 Å². The summed E-state index contributed by atoms with van der Waals surface area (Å²) in [5.74, 6) is -0.265. The Balaban J connectivity index is 2.42. The van der Waals surface area contributed by atoms with Crippen molar-refractivity contribution in [3.8, 4) is 0 Å². The zero-order valence-electron chi connectivity index (χ0n) is 11.5. The largest absolute Gasteiger partial charge is 0.481 e. The lowest BCUT2D eigenvalue weighted by Crippen LogP contribution is -2.09. The van der Waals surface area contributed by atoms with Gasteiger partial charge in [0.15, 0.2) is 5.16 Å². The number of benzene rings is 1. The first-order chi connectivity index (χ1) is 9.51. The normalized spacial score (nSPS) is 12.8. The predicted octanol–water partition coefficient (Wildman–Crippen LogP) is 4.02. The van der Waals surface area contributed by atoms with Crippen molar-refractivity contribution in [3.05, 3.63) is 22.7 Å². The molecule has 0 fully saturated rings. The number of aromatic nitrogens is 2. The average molecular weight is 357 g/mol. The number of carboxylic acid groups (broad SMARTS) is 1. The van der Waals surface area contributed by atoms with Crippen LogP contribution in [-0.2, 0) is 11.3 Å². The Labute approximate surface area is 130 Å². The summed E-state index contributed by atoms with van der Waals surface area (Å²) in [5.41, 5.74) is 1.96. The third kappa shape index (κ3) is 3.55. The SMILES string of the molecule is CCC(C)Cn1c(SCC(=O)O)nc2ccc(Br)cc21. The minimum atomic E-state index is -0.821. The highest BCUT2D eigenvalue weighted by Crippen LogP contribution is 2.27. The maximum absolute atomic E-state index is 10.8. The first-order valence-electron chi connectivity index (χ1n) is 6.51. The van der Waals surface area contributed by atoms with Crippen LogP contribution in [-0.4, -0.2) is 26.4 Å². The van der Waals surface area contributed by atoms with E-state index in [0.717, 1.165) is 33.6 Å². The summed E-state index contributed by atoms with van der Waals surface area (Å²) in [7, 11) is 0. The summed E-state index contributed by atoms with van der Waals surface area (Å²) < 4.78 is 3.13. The lowest BCUT2D eigenvalue weighted by Gasteiger charge is -2.13. The third-order valence-corrected chi connectivity index (χ3v) is 4.65. The second kappa shape index (κ2) is 6.63. The van der Waals surface area contributed by atoms with Gasteiger partial charge in [-0.3, -0.25) is 4.79 Å². The Morgan fingerprint density at radius 1 is 1.55 bits per heavy atom. The van der Waals surface area contributed by atoms with Gasteiger partial charge in [0.25, 0.3) is 0 Å². The molecule has 0 aliphatic rings. The van der Waals surface area contributed by atoms with Crippen molar-refractivity contribution in [1.29, 1.82) is 0 Å². The van der Waals surface area contributed by atoms with Crippen LogP contribution in [0.1, 0.15) is 20.3 Å². The molecule has 0 aliphatic heterocycles. The van der Waals surface area contributed by atoms with Gasteiger partial charge in [-0.15, -0.1) is 0 Å². The smallest absolute Gasteiger partial charge is 0.313 e. The van der Waals surface area contributed by atoms with E-state index >= 15 is 0 Å². The van der Waals surface area contributed by atoms with Crippen LogP contribution in [0.25, 0.3) is 11.0 Å². The van der Waals surface area contributed by atoms with E-state index in [4.69, 9.17) is 5.11 Å². The molecule has 0 amide bonds. The highest BCUT2D eigenvalue weighted by atomic mass is 79.9. The molecule has 1 unspecified atom stereocenters. The molecule has 4 nitrogen and oxygen atoms in total. The average Bonchev–Trinajstić information content (AvgIpc) is 2.74. The number of carbonyl (C=O) groups is 1. The van der Waals surface area contributed by atoms with Crippen LogP contribution in [0.5, 0.6) is 0 Å². The molecular weight excluding hydrogens is 340 g/mol. The fourth-order valence-corrected chi connectivity index (χ4v) is 3.02. The van der Waals surface area contributed by atoms with E-state index < -0.39 is 5.97 Å². The molecular formula is C14H17BrN2O2S. The number of fused-ring (bicyclic) bond motifs is 1. The number of hydrogen-bond donors (Lipinski definition) is 1.